The number of hydrogen-bond acceptors (Lipinski definition) is 22. The van der Waals surface area contributed by atoms with E-state index < -0.39 is 37.4 Å². The zero-order valence-electron chi connectivity index (χ0n) is 47.4. The van der Waals surface area contributed by atoms with Gasteiger partial charge in [0.1, 0.15) is 21.3 Å². The Morgan fingerprint density at radius 3 is 1.22 bits per heavy atom. The third-order valence-electron chi connectivity index (χ3n) is 14.5. The van der Waals surface area contributed by atoms with Gasteiger partial charge in [0.25, 0.3) is 11.8 Å². The summed E-state index contributed by atoms with van der Waals surface area (Å²) in [6.45, 7) is 1.17. The Kier molecular flexibility index (Phi) is 20.6. The van der Waals surface area contributed by atoms with Crippen molar-refractivity contribution in [3.05, 3.63) is 93.7 Å². The summed E-state index contributed by atoms with van der Waals surface area (Å²) in [7, 11) is 12.5. The van der Waals surface area contributed by atoms with Gasteiger partial charge in [-0.3, -0.25) is 0 Å². The minimum atomic E-state index is -4.33. The molecule has 85 heavy (non-hydrogen) atoms. The van der Waals surface area contributed by atoms with Crippen molar-refractivity contribution in [2.75, 3.05) is 66.6 Å². The van der Waals surface area contributed by atoms with E-state index in [9.17, 15) is 36.6 Å². The maximum Gasteiger partial charge on any atom is 0.393 e. The monoisotopic (exact) mass is 1240 g/mol. The van der Waals surface area contributed by atoms with E-state index in [1.54, 1.807) is 40.4 Å². The fourth-order valence-corrected chi connectivity index (χ4v) is 12.4. The molecule has 456 valence electrons. The molecule has 0 aliphatic heterocycles. The first-order chi connectivity index (χ1) is 40.2. The van der Waals surface area contributed by atoms with Crippen molar-refractivity contribution in [3.63, 3.8) is 0 Å². The Labute approximate surface area is 499 Å². The van der Waals surface area contributed by atoms with Gasteiger partial charge in [-0.2, -0.15) is 46.3 Å². The Hall–Kier alpha value is -7.21. The third-order valence-corrected chi connectivity index (χ3v) is 16.6. The molecule has 2 saturated carbocycles. The number of benzene rings is 2. The van der Waals surface area contributed by atoms with E-state index in [-0.39, 0.29) is 58.3 Å². The fraction of sp³-hybridized carbons (Fsp3) is 0.429. The summed E-state index contributed by atoms with van der Waals surface area (Å²) in [6.07, 6.45) is -9.81. The van der Waals surface area contributed by atoms with Gasteiger partial charge in [-0.15, -0.1) is 55.5 Å². The summed E-state index contributed by atoms with van der Waals surface area (Å²) < 4.78 is 110. The zero-order valence-corrected chi connectivity index (χ0v) is 49.8. The van der Waals surface area contributed by atoms with Gasteiger partial charge in [0, 0.05) is 72.3 Å². The van der Waals surface area contributed by atoms with E-state index in [1.165, 1.54) is 40.6 Å². The Balaban J connectivity index is 0.000000219. The van der Waals surface area contributed by atoms with Crippen LogP contribution in [0.4, 0.5) is 38.0 Å². The Bertz CT molecular complexity index is 3310. The minimum Gasteiger partial charge on any atom is -0.491 e. The average Bonchev–Trinajstić information content (AvgIpc) is 2.04. The van der Waals surface area contributed by atoms with Gasteiger partial charge in [-0.1, -0.05) is 48.5 Å². The first-order valence-electron chi connectivity index (χ1n) is 26.4. The number of aliphatic hydroxyl groups is 2. The SMILES string of the molecule is COc1nc(N(C)[C@H]2C[C@@H](NCc3ccc(-c4cc(OC)c(OC)nn4)cc3)C[C@H]2O)c2cc(CC(F)(F)F)sc2n1.COc1nc(N(C)[C@H]2C[C@@H](NCc3ccc(-c4cc(OC)c(OC)nn4)cc3)C[C@H]2O)c2cc(CC(F)(F)F)sc2n1.Cl. The number of fused-ring (bicyclic) bond motifs is 2. The number of aliphatic hydroxyl groups excluding tert-OH is 2. The van der Waals surface area contributed by atoms with Crippen molar-refractivity contribution in [1.29, 1.82) is 0 Å². The van der Waals surface area contributed by atoms with Gasteiger partial charge in [-0.25, -0.2) is 0 Å². The van der Waals surface area contributed by atoms with Crippen LogP contribution in [0.15, 0.2) is 72.8 Å². The lowest BCUT2D eigenvalue weighted by Crippen LogP contribution is -2.38. The van der Waals surface area contributed by atoms with Crippen molar-refractivity contribution in [2.24, 2.45) is 0 Å². The van der Waals surface area contributed by atoms with E-state index in [0.29, 0.717) is 105 Å². The number of anilines is 2. The highest BCUT2D eigenvalue weighted by atomic mass is 35.5. The van der Waals surface area contributed by atoms with E-state index in [1.807, 2.05) is 58.3 Å². The summed E-state index contributed by atoms with van der Waals surface area (Å²) in [5.74, 6) is 2.48. The molecule has 2 aliphatic rings. The summed E-state index contributed by atoms with van der Waals surface area (Å²) >= 11 is 1.93. The van der Waals surface area contributed by atoms with Gasteiger partial charge in [-0.05, 0) is 48.9 Å². The molecule has 20 nitrogen and oxygen atoms in total. The van der Waals surface area contributed by atoms with Crippen LogP contribution in [-0.4, -0.2) is 156 Å². The summed E-state index contributed by atoms with van der Waals surface area (Å²) in [6, 6.07) is 21.8. The van der Waals surface area contributed by atoms with Crippen LogP contribution in [0.25, 0.3) is 42.9 Å². The van der Waals surface area contributed by atoms with Gasteiger partial charge in [0.15, 0.2) is 11.5 Å². The predicted octanol–water partition coefficient (Wildman–Crippen LogP) is 9.22. The number of rotatable bonds is 20. The highest BCUT2D eigenvalue weighted by molar-refractivity contribution is 7.19. The summed E-state index contributed by atoms with van der Waals surface area (Å²) in [5, 5.41) is 46.5. The minimum absolute atomic E-state index is 0. The summed E-state index contributed by atoms with van der Waals surface area (Å²) in [5.41, 5.74) is 5.17. The summed E-state index contributed by atoms with van der Waals surface area (Å²) in [4.78, 5) is 22.1. The third kappa shape index (κ3) is 15.4. The number of ether oxygens (including phenoxy) is 6. The molecule has 0 radical (unpaired) electrons. The molecule has 10 rings (SSSR count). The van der Waals surface area contributed by atoms with Crippen LogP contribution in [0.2, 0.25) is 0 Å². The molecule has 6 aromatic heterocycles. The van der Waals surface area contributed by atoms with Crippen LogP contribution < -0.4 is 48.9 Å². The van der Waals surface area contributed by atoms with Gasteiger partial charge < -0.3 is 59.1 Å². The maximum atomic E-state index is 13.0. The molecular weight excluding hydrogens is 1180 g/mol. The number of alkyl halides is 6. The molecule has 2 aromatic carbocycles. The highest BCUT2D eigenvalue weighted by Gasteiger charge is 2.39. The fourth-order valence-electron chi connectivity index (χ4n) is 10.3. The van der Waals surface area contributed by atoms with Crippen molar-refractivity contribution in [1.82, 2.24) is 51.0 Å². The number of hydrogen-bond donors (Lipinski definition) is 4. The second kappa shape index (κ2) is 27.4. The van der Waals surface area contributed by atoms with Crippen LogP contribution in [0.1, 0.15) is 46.6 Å². The number of nitrogens with one attached hydrogen (secondary N) is 2. The highest BCUT2D eigenvalue weighted by Crippen LogP contribution is 2.40. The molecule has 0 amide bonds. The first-order valence-corrected chi connectivity index (χ1v) is 28.0. The molecule has 0 unspecified atom stereocenters. The van der Waals surface area contributed by atoms with E-state index >= 15 is 0 Å². The normalized spacial score (nSPS) is 18.6. The average molecular weight is 1250 g/mol. The molecule has 0 saturated heterocycles. The molecule has 0 spiro atoms. The number of nitrogens with zero attached hydrogens (tertiary/aromatic N) is 10. The van der Waals surface area contributed by atoms with Gasteiger partial charge in [0.2, 0.25) is 0 Å². The number of thiophene rings is 2. The molecular formula is C56H63ClF6N12O8S2. The number of aromatic nitrogens is 8. The Morgan fingerprint density at radius 2 is 0.894 bits per heavy atom. The van der Waals surface area contributed by atoms with Gasteiger partial charge in [0.05, 0.1) is 102 Å². The molecule has 29 heteroatoms. The van der Waals surface area contributed by atoms with Crippen molar-refractivity contribution < 1.29 is 65.0 Å². The van der Waals surface area contributed by atoms with Crippen LogP contribution in [0.5, 0.6) is 35.3 Å². The van der Waals surface area contributed by atoms with Crippen LogP contribution in [0.3, 0.4) is 0 Å². The molecule has 8 aromatic rings. The largest absolute Gasteiger partial charge is 0.491 e. The number of halogens is 7. The first kappa shape index (κ1) is 63.8. The van der Waals surface area contributed by atoms with E-state index in [0.717, 1.165) is 44.9 Å². The second-order valence-electron chi connectivity index (χ2n) is 20.1. The van der Waals surface area contributed by atoms with Gasteiger partial charge >= 0.3 is 24.4 Å². The van der Waals surface area contributed by atoms with Crippen LogP contribution >= 0.6 is 35.1 Å². The molecule has 2 aliphatic carbocycles. The van der Waals surface area contributed by atoms with Crippen LogP contribution in [-0.2, 0) is 25.9 Å². The molecule has 6 heterocycles. The quantitative estimate of drug-likeness (QED) is 0.0521. The van der Waals surface area contributed by atoms with Crippen molar-refractivity contribution in [3.8, 4) is 57.8 Å². The molecule has 4 N–H and O–H groups in total. The maximum absolute atomic E-state index is 13.0. The lowest BCUT2D eigenvalue weighted by Gasteiger charge is -2.28. The lowest BCUT2D eigenvalue weighted by atomic mass is 10.1. The Morgan fingerprint density at radius 1 is 0.518 bits per heavy atom. The molecule has 0 bridgehead atoms. The second-order valence-corrected chi connectivity index (χ2v) is 22.3. The smallest absolute Gasteiger partial charge is 0.393 e. The standard InChI is InChI=1S/2C28H31F3N6O4S.ClH/c2*1-37(24-19-11-18(13-28(29,30)31)42-26(19)34-27(33-24)41-4)21-9-17(10-22(21)38)32-14-15-5-7-16(8-6-15)20-12-23(39-2)25(40-3)36-35-20;/h2*5-8,11-12,17,21-22,32,38H,9-10,13-14H2,1-4H3;1H/t2*17-,21+,22-;/m11./s1. The number of likely N-dealkylation sites (N-methyl/N-ethyl adjacent to an activating group) is 2. The molecule has 6 atom stereocenters. The van der Waals surface area contributed by atoms with E-state index in [4.69, 9.17) is 28.4 Å². The lowest BCUT2D eigenvalue weighted by molar-refractivity contribution is -0.127. The van der Waals surface area contributed by atoms with E-state index in [2.05, 4.69) is 51.0 Å². The van der Waals surface area contributed by atoms with Crippen molar-refractivity contribution >= 4 is 67.1 Å². The topological polar surface area (TPSA) is 230 Å². The predicted molar refractivity (Wildman–Crippen MR) is 312 cm³/mol. The van der Waals surface area contributed by atoms with Crippen LogP contribution in [0, 0.1) is 0 Å². The number of methoxy groups -OCH3 is 6. The van der Waals surface area contributed by atoms with Crippen molar-refractivity contribution in [2.45, 2.75) is 100 Å². The molecule has 2 fully saturated rings. The zero-order chi connectivity index (χ0) is 60.0.